The van der Waals surface area contributed by atoms with Crippen LogP contribution in [0.5, 0.6) is 0 Å². The second-order valence-electron chi connectivity index (χ2n) is 6.29. The Morgan fingerprint density at radius 3 is 2.38 bits per heavy atom. The molecular formula is C19H29N2O3. The minimum atomic E-state index is -0.712. The molecule has 1 rings (SSSR count). The highest BCUT2D eigenvalue weighted by molar-refractivity contribution is 5.77. The number of amides is 2. The van der Waals surface area contributed by atoms with Crippen LogP contribution in [0.3, 0.4) is 0 Å². The Morgan fingerprint density at radius 2 is 1.83 bits per heavy atom. The molecule has 1 radical (unpaired) electrons. The lowest BCUT2D eigenvalue weighted by molar-refractivity contribution is -0.125. The average molecular weight is 333 g/mol. The van der Waals surface area contributed by atoms with Crippen molar-refractivity contribution < 1.29 is 14.7 Å². The normalized spacial score (nSPS) is 14.8. The Kier molecular flexibility index (Phi) is 9.08. The van der Waals surface area contributed by atoms with E-state index in [9.17, 15) is 14.7 Å². The minimum absolute atomic E-state index is 0.0280. The predicted molar refractivity (Wildman–Crippen MR) is 94.6 cm³/mol. The maximum atomic E-state index is 11.9. The lowest BCUT2D eigenvalue weighted by atomic mass is 9.80. The third-order valence-corrected chi connectivity index (χ3v) is 4.32. The first kappa shape index (κ1) is 20.2. The van der Waals surface area contributed by atoms with Gasteiger partial charge in [-0.15, -0.1) is 0 Å². The van der Waals surface area contributed by atoms with Gasteiger partial charge in [0.25, 0.3) is 0 Å². The van der Waals surface area contributed by atoms with E-state index in [1.54, 1.807) is 6.42 Å². The van der Waals surface area contributed by atoms with Crippen molar-refractivity contribution in [2.24, 2.45) is 23.3 Å². The second kappa shape index (κ2) is 10.8. The number of rotatable bonds is 12. The van der Waals surface area contributed by atoms with E-state index >= 15 is 0 Å². The summed E-state index contributed by atoms with van der Waals surface area (Å²) in [5, 5.41) is 10.3. The van der Waals surface area contributed by atoms with E-state index < -0.39 is 17.9 Å². The predicted octanol–water partition coefficient (Wildman–Crippen LogP) is 1.97. The zero-order valence-electron chi connectivity index (χ0n) is 14.4. The molecule has 0 aromatic heterocycles. The molecule has 0 saturated heterocycles. The van der Waals surface area contributed by atoms with Crippen molar-refractivity contribution in [2.75, 3.05) is 0 Å². The smallest absolute Gasteiger partial charge is 0.220 e. The molecule has 1 aromatic rings. The van der Waals surface area contributed by atoms with Crippen molar-refractivity contribution in [1.82, 2.24) is 0 Å². The van der Waals surface area contributed by atoms with Gasteiger partial charge in [0.15, 0.2) is 0 Å². The zero-order valence-corrected chi connectivity index (χ0v) is 14.4. The molecular weight excluding hydrogens is 304 g/mol. The molecule has 0 aliphatic heterocycles. The zero-order chi connectivity index (χ0) is 17.9. The summed E-state index contributed by atoms with van der Waals surface area (Å²) in [6.45, 7) is 2.02. The summed E-state index contributed by atoms with van der Waals surface area (Å²) in [5.74, 6) is -1.29. The Labute approximate surface area is 144 Å². The molecule has 0 aliphatic rings. The van der Waals surface area contributed by atoms with Crippen molar-refractivity contribution in [3.05, 3.63) is 42.3 Å². The van der Waals surface area contributed by atoms with Crippen LogP contribution in [0.15, 0.2) is 30.3 Å². The highest BCUT2D eigenvalue weighted by Gasteiger charge is 2.28. The van der Waals surface area contributed by atoms with E-state index in [1.165, 1.54) is 0 Å². The van der Waals surface area contributed by atoms with Crippen molar-refractivity contribution in [2.45, 2.75) is 51.6 Å². The number of carbonyl (C=O) groups excluding carboxylic acids is 2. The first-order chi connectivity index (χ1) is 11.4. The Balaban J connectivity index is 2.61. The number of hydrogen-bond acceptors (Lipinski definition) is 3. The van der Waals surface area contributed by atoms with Crippen LogP contribution in [0.2, 0.25) is 0 Å². The molecule has 0 aliphatic carbocycles. The molecule has 5 heteroatoms. The SMILES string of the molecule is CCCC(CCC(N)=O)[C@@H](C[C@@H](O)[CH]Cc1ccccc1)C(N)=O. The quantitative estimate of drug-likeness (QED) is 0.544. The van der Waals surface area contributed by atoms with Crippen molar-refractivity contribution in [1.29, 1.82) is 0 Å². The summed E-state index contributed by atoms with van der Waals surface area (Å²) in [4.78, 5) is 22.9. The summed E-state index contributed by atoms with van der Waals surface area (Å²) in [6, 6.07) is 9.81. The molecule has 1 aromatic carbocycles. The molecule has 0 saturated carbocycles. The van der Waals surface area contributed by atoms with Gasteiger partial charge in [-0.1, -0.05) is 43.7 Å². The Morgan fingerprint density at radius 1 is 1.17 bits per heavy atom. The van der Waals surface area contributed by atoms with Crippen LogP contribution in [0.25, 0.3) is 0 Å². The Hall–Kier alpha value is -1.88. The molecule has 3 atom stereocenters. The van der Waals surface area contributed by atoms with E-state index in [-0.39, 0.29) is 24.7 Å². The standard InChI is InChI=1S/C19H29N2O3/c1-2-6-15(10-12-18(20)23)17(19(21)24)13-16(22)11-9-14-7-4-3-5-8-14/h3-5,7-8,11,15-17,22H,2,6,9-10,12-13H2,1H3,(H2,20,23)(H2,21,24)/t15?,16-,17+/m0/s1. The van der Waals surface area contributed by atoms with Gasteiger partial charge in [-0.05, 0) is 43.6 Å². The lowest BCUT2D eigenvalue weighted by Gasteiger charge is -2.26. The fourth-order valence-electron chi connectivity index (χ4n) is 3.03. The maximum absolute atomic E-state index is 11.9. The summed E-state index contributed by atoms with van der Waals surface area (Å²) < 4.78 is 0. The lowest BCUT2D eigenvalue weighted by Crippen LogP contribution is -2.34. The molecule has 0 bridgehead atoms. The van der Waals surface area contributed by atoms with Gasteiger partial charge in [-0.25, -0.2) is 0 Å². The third-order valence-electron chi connectivity index (χ3n) is 4.32. The van der Waals surface area contributed by atoms with Crippen molar-refractivity contribution in [3.8, 4) is 0 Å². The fraction of sp³-hybridized carbons (Fsp3) is 0.526. The van der Waals surface area contributed by atoms with E-state index in [0.717, 1.165) is 18.4 Å². The van der Waals surface area contributed by atoms with Gasteiger partial charge in [0, 0.05) is 12.3 Å². The second-order valence-corrected chi connectivity index (χ2v) is 6.29. The highest BCUT2D eigenvalue weighted by atomic mass is 16.3. The van der Waals surface area contributed by atoms with Crippen LogP contribution in [0.4, 0.5) is 0 Å². The number of benzene rings is 1. The third kappa shape index (κ3) is 7.59. The average Bonchev–Trinajstić information content (AvgIpc) is 2.55. The molecule has 2 amide bonds. The van der Waals surface area contributed by atoms with Crippen molar-refractivity contribution in [3.63, 3.8) is 0 Å². The first-order valence-corrected chi connectivity index (χ1v) is 8.57. The summed E-state index contributed by atoms with van der Waals surface area (Å²) >= 11 is 0. The molecule has 0 fully saturated rings. The molecule has 0 heterocycles. The first-order valence-electron chi connectivity index (χ1n) is 8.57. The van der Waals surface area contributed by atoms with E-state index in [4.69, 9.17) is 11.5 Å². The fourth-order valence-corrected chi connectivity index (χ4v) is 3.03. The van der Waals surface area contributed by atoms with Crippen LogP contribution in [-0.2, 0) is 16.0 Å². The van der Waals surface area contributed by atoms with E-state index in [0.29, 0.717) is 12.8 Å². The number of hydrogen-bond donors (Lipinski definition) is 3. The molecule has 1 unspecified atom stereocenters. The highest BCUT2D eigenvalue weighted by Crippen LogP contribution is 2.27. The van der Waals surface area contributed by atoms with Gasteiger partial charge in [0.1, 0.15) is 0 Å². The van der Waals surface area contributed by atoms with Crippen LogP contribution >= 0.6 is 0 Å². The Bertz CT molecular complexity index is 505. The molecule has 0 spiro atoms. The van der Waals surface area contributed by atoms with E-state index in [1.807, 2.05) is 37.3 Å². The monoisotopic (exact) mass is 333 g/mol. The number of aliphatic hydroxyl groups excluding tert-OH is 1. The topological polar surface area (TPSA) is 106 Å². The van der Waals surface area contributed by atoms with Gasteiger partial charge >= 0.3 is 0 Å². The van der Waals surface area contributed by atoms with Gasteiger partial charge in [0.05, 0.1) is 6.10 Å². The van der Waals surface area contributed by atoms with Gasteiger partial charge < -0.3 is 16.6 Å². The van der Waals surface area contributed by atoms with E-state index in [2.05, 4.69) is 0 Å². The summed E-state index contributed by atoms with van der Waals surface area (Å²) in [5.41, 5.74) is 11.9. The number of aliphatic hydroxyl groups is 1. The largest absolute Gasteiger partial charge is 0.393 e. The van der Waals surface area contributed by atoms with Crippen LogP contribution < -0.4 is 11.5 Å². The summed E-state index contributed by atoms with van der Waals surface area (Å²) in [6.07, 6.45) is 4.43. The van der Waals surface area contributed by atoms with Crippen molar-refractivity contribution >= 4 is 11.8 Å². The molecule has 24 heavy (non-hydrogen) atoms. The molecule has 133 valence electrons. The molecule has 5 nitrogen and oxygen atoms in total. The van der Waals surface area contributed by atoms with Gasteiger partial charge in [0.2, 0.25) is 11.8 Å². The number of nitrogens with two attached hydrogens (primary N) is 2. The van der Waals surface area contributed by atoms with Crippen LogP contribution in [-0.4, -0.2) is 23.0 Å². The van der Waals surface area contributed by atoms with Crippen LogP contribution in [0.1, 0.15) is 44.6 Å². The minimum Gasteiger partial charge on any atom is -0.393 e. The number of primary amides is 2. The number of carbonyl (C=O) groups is 2. The van der Waals surface area contributed by atoms with Crippen LogP contribution in [0, 0.1) is 18.3 Å². The summed E-state index contributed by atoms with van der Waals surface area (Å²) in [7, 11) is 0. The van der Waals surface area contributed by atoms with Gasteiger partial charge in [-0.3, -0.25) is 9.59 Å². The molecule has 5 N–H and O–H groups in total. The maximum Gasteiger partial charge on any atom is 0.220 e. The van der Waals surface area contributed by atoms with Gasteiger partial charge in [-0.2, -0.15) is 0 Å².